The molecular weight excluding hydrogens is 305 g/mol. The lowest BCUT2D eigenvalue weighted by Gasteiger charge is -2.14. The molecule has 112 valence electrons. The lowest BCUT2D eigenvalue weighted by molar-refractivity contribution is -0.139. The molecule has 1 aromatic carbocycles. The molecular formula is C14H12ClF3N2O. The molecule has 0 spiro atoms. The highest BCUT2D eigenvalue weighted by atomic mass is 35.5. The van der Waals surface area contributed by atoms with Gasteiger partial charge in [-0.15, -0.1) is 0 Å². The standard InChI is InChI=1S/C14H12ClF3N2O/c1-19-13-7-6-10(15)11(20-13)8-21-12-5-3-2-4-9(12)14(16,17)18/h2-7H,8H2,1H3,(H,19,20). The van der Waals surface area contributed by atoms with Gasteiger partial charge in [0.2, 0.25) is 0 Å². The van der Waals surface area contributed by atoms with Crippen LogP contribution in [-0.2, 0) is 12.8 Å². The maximum absolute atomic E-state index is 12.8. The Bertz CT molecular complexity index is 632. The van der Waals surface area contributed by atoms with Gasteiger partial charge >= 0.3 is 6.18 Å². The number of pyridine rings is 1. The second-order valence-electron chi connectivity index (χ2n) is 4.16. The number of aromatic nitrogens is 1. The molecule has 1 aromatic heterocycles. The van der Waals surface area contributed by atoms with E-state index in [0.29, 0.717) is 16.5 Å². The van der Waals surface area contributed by atoms with E-state index in [2.05, 4.69) is 10.3 Å². The highest BCUT2D eigenvalue weighted by molar-refractivity contribution is 6.31. The van der Waals surface area contributed by atoms with Gasteiger partial charge in [0.05, 0.1) is 16.3 Å². The summed E-state index contributed by atoms with van der Waals surface area (Å²) in [5.41, 5.74) is -0.466. The maximum atomic E-state index is 12.8. The van der Waals surface area contributed by atoms with Crippen LogP contribution in [0.1, 0.15) is 11.3 Å². The van der Waals surface area contributed by atoms with Gasteiger partial charge in [-0.1, -0.05) is 23.7 Å². The van der Waals surface area contributed by atoms with E-state index in [1.807, 2.05) is 0 Å². The molecule has 3 nitrogen and oxygen atoms in total. The SMILES string of the molecule is CNc1ccc(Cl)c(COc2ccccc2C(F)(F)F)n1. The van der Waals surface area contributed by atoms with Crippen LogP contribution >= 0.6 is 11.6 Å². The third-order valence-corrected chi connectivity index (χ3v) is 3.08. The number of hydrogen-bond donors (Lipinski definition) is 1. The molecule has 0 radical (unpaired) electrons. The van der Waals surface area contributed by atoms with E-state index in [-0.39, 0.29) is 12.4 Å². The molecule has 0 amide bonds. The van der Waals surface area contributed by atoms with Crippen molar-refractivity contribution in [2.45, 2.75) is 12.8 Å². The summed E-state index contributed by atoms with van der Waals surface area (Å²) >= 11 is 5.96. The highest BCUT2D eigenvalue weighted by Crippen LogP contribution is 2.36. The zero-order valence-electron chi connectivity index (χ0n) is 11.0. The summed E-state index contributed by atoms with van der Waals surface area (Å²) in [5, 5.41) is 3.16. The summed E-state index contributed by atoms with van der Waals surface area (Å²) in [6.45, 7) is -0.151. The molecule has 0 fully saturated rings. The van der Waals surface area contributed by atoms with E-state index >= 15 is 0 Å². The van der Waals surface area contributed by atoms with Gasteiger partial charge in [-0.2, -0.15) is 13.2 Å². The van der Waals surface area contributed by atoms with Crippen molar-refractivity contribution in [1.29, 1.82) is 0 Å². The number of rotatable bonds is 4. The van der Waals surface area contributed by atoms with Gasteiger partial charge in [-0.3, -0.25) is 0 Å². The first-order chi connectivity index (χ1) is 9.91. The Balaban J connectivity index is 2.21. The average Bonchev–Trinajstić information content (AvgIpc) is 2.46. The van der Waals surface area contributed by atoms with Crippen molar-refractivity contribution < 1.29 is 17.9 Å². The number of alkyl halides is 3. The van der Waals surface area contributed by atoms with Crippen molar-refractivity contribution in [1.82, 2.24) is 4.98 Å². The summed E-state index contributed by atoms with van der Waals surface area (Å²) in [7, 11) is 1.68. The predicted molar refractivity (Wildman–Crippen MR) is 74.6 cm³/mol. The van der Waals surface area contributed by atoms with Crippen molar-refractivity contribution in [3.8, 4) is 5.75 Å². The Morgan fingerprint density at radius 3 is 2.57 bits per heavy atom. The van der Waals surface area contributed by atoms with Crippen LogP contribution < -0.4 is 10.1 Å². The first kappa shape index (κ1) is 15.4. The molecule has 7 heteroatoms. The Hall–Kier alpha value is -1.95. The van der Waals surface area contributed by atoms with Crippen molar-refractivity contribution in [2.75, 3.05) is 12.4 Å². The maximum Gasteiger partial charge on any atom is 0.419 e. The molecule has 2 aromatic rings. The molecule has 0 aliphatic carbocycles. The molecule has 0 bridgehead atoms. The van der Waals surface area contributed by atoms with Gasteiger partial charge in [0, 0.05) is 7.05 Å². The van der Waals surface area contributed by atoms with Gasteiger partial charge in [0.25, 0.3) is 0 Å². The molecule has 2 rings (SSSR count). The normalized spacial score (nSPS) is 11.3. The zero-order valence-corrected chi connectivity index (χ0v) is 11.8. The third-order valence-electron chi connectivity index (χ3n) is 2.73. The molecule has 0 saturated heterocycles. The average molecular weight is 317 g/mol. The Morgan fingerprint density at radius 1 is 1.19 bits per heavy atom. The number of halogens is 4. The smallest absolute Gasteiger partial charge is 0.419 e. The number of para-hydroxylation sites is 1. The van der Waals surface area contributed by atoms with E-state index < -0.39 is 11.7 Å². The Kier molecular flexibility index (Phi) is 4.57. The lowest BCUT2D eigenvalue weighted by atomic mass is 10.2. The van der Waals surface area contributed by atoms with Crippen molar-refractivity contribution in [2.24, 2.45) is 0 Å². The van der Waals surface area contributed by atoms with Crippen LogP contribution in [0, 0.1) is 0 Å². The first-order valence-electron chi connectivity index (χ1n) is 6.04. The minimum absolute atomic E-state index is 0.151. The minimum atomic E-state index is -4.47. The quantitative estimate of drug-likeness (QED) is 0.909. The van der Waals surface area contributed by atoms with Gasteiger partial charge in [0.1, 0.15) is 18.2 Å². The Morgan fingerprint density at radius 2 is 1.90 bits per heavy atom. The van der Waals surface area contributed by atoms with Crippen molar-refractivity contribution in [3.63, 3.8) is 0 Å². The van der Waals surface area contributed by atoms with Gasteiger partial charge < -0.3 is 10.1 Å². The predicted octanol–water partition coefficient (Wildman–Crippen LogP) is 4.37. The minimum Gasteiger partial charge on any atom is -0.487 e. The second-order valence-corrected chi connectivity index (χ2v) is 4.56. The molecule has 21 heavy (non-hydrogen) atoms. The highest BCUT2D eigenvalue weighted by Gasteiger charge is 2.34. The summed E-state index contributed by atoms with van der Waals surface area (Å²) in [6.07, 6.45) is -4.47. The van der Waals surface area contributed by atoms with E-state index in [1.165, 1.54) is 18.2 Å². The number of ether oxygens (including phenoxy) is 1. The Labute approximate surface area is 124 Å². The number of benzene rings is 1. The third kappa shape index (κ3) is 3.78. The molecule has 0 saturated carbocycles. The molecule has 0 atom stereocenters. The van der Waals surface area contributed by atoms with Crippen molar-refractivity contribution in [3.05, 3.63) is 52.7 Å². The largest absolute Gasteiger partial charge is 0.487 e. The van der Waals surface area contributed by atoms with Crippen LogP contribution in [0.15, 0.2) is 36.4 Å². The molecule has 1 heterocycles. The van der Waals surface area contributed by atoms with Crippen molar-refractivity contribution >= 4 is 17.4 Å². The monoisotopic (exact) mass is 316 g/mol. The fraction of sp³-hybridized carbons (Fsp3) is 0.214. The van der Waals surface area contributed by atoms with Crippen LogP contribution in [0.25, 0.3) is 0 Å². The lowest BCUT2D eigenvalue weighted by Crippen LogP contribution is -2.09. The van der Waals surface area contributed by atoms with Crippen LogP contribution in [0.4, 0.5) is 19.0 Å². The van der Waals surface area contributed by atoms with Gasteiger partial charge in [-0.25, -0.2) is 4.98 Å². The molecule has 0 aliphatic heterocycles. The van der Waals surface area contributed by atoms with E-state index in [9.17, 15) is 13.2 Å². The zero-order chi connectivity index (χ0) is 15.5. The fourth-order valence-electron chi connectivity index (χ4n) is 1.70. The molecule has 0 unspecified atom stereocenters. The summed E-state index contributed by atoms with van der Waals surface area (Å²) in [5.74, 6) is 0.305. The molecule has 1 N–H and O–H groups in total. The summed E-state index contributed by atoms with van der Waals surface area (Å²) in [4.78, 5) is 4.15. The van der Waals surface area contributed by atoms with E-state index in [1.54, 1.807) is 19.2 Å². The number of anilines is 1. The van der Waals surface area contributed by atoms with Crippen LogP contribution in [0.3, 0.4) is 0 Å². The van der Waals surface area contributed by atoms with Crippen LogP contribution in [0.5, 0.6) is 5.75 Å². The van der Waals surface area contributed by atoms with E-state index in [4.69, 9.17) is 16.3 Å². The molecule has 0 aliphatic rings. The van der Waals surface area contributed by atoms with Crippen LogP contribution in [0.2, 0.25) is 5.02 Å². The second kappa shape index (κ2) is 6.22. The number of nitrogens with one attached hydrogen (secondary N) is 1. The fourth-order valence-corrected chi connectivity index (χ4v) is 1.86. The van der Waals surface area contributed by atoms with Crippen LogP contribution in [-0.4, -0.2) is 12.0 Å². The van der Waals surface area contributed by atoms with Gasteiger partial charge in [0.15, 0.2) is 0 Å². The number of nitrogens with zero attached hydrogens (tertiary/aromatic N) is 1. The summed E-state index contributed by atoms with van der Waals surface area (Å²) < 4.78 is 43.8. The topological polar surface area (TPSA) is 34.1 Å². The van der Waals surface area contributed by atoms with Gasteiger partial charge in [-0.05, 0) is 24.3 Å². The first-order valence-corrected chi connectivity index (χ1v) is 6.42. The number of hydrogen-bond acceptors (Lipinski definition) is 3. The van der Waals surface area contributed by atoms with E-state index in [0.717, 1.165) is 6.07 Å². The summed E-state index contributed by atoms with van der Waals surface area (Å²) in [6, 6.07) is 8.28.